The van der Waals surface area contributed by atoms with Gasteiger partial charge in [0.15, 0.2) is 0 Å². The van der Waals surface area contributed by atoms with E-state index in [2.05, 4.69) is 20.2 Å². The van der Waals surface area contributed by atoms with Gasteiger partial charge in [-0.1, -0.05) is 12.1 Å². The van der Waals surface area contributed by atoms with E-state index < -0.39 is 0 Å². The number of nitrogens with one attached hydrogen (secondary N) is 1. The standard InChI is InChI=1S/C17H22N4O2/c22-8-5-14-1-3-16(4-2-14)18-11-15-12-19-17(20-13-15)21-6-9-23-10-7-21/h1-4,12-13,18,22H,5-11H2. The molecule has 6 heteroatoms. The lowest BCUT2D eigenvalue weighted by Crippen LogP contribution is -2.37. The van der Waals surface area contributed by atoms with Gasteiger partial charge in [-0.15, -0.1) is 0 Å². The molecule has 1 fully saturated rings. The molecule has 0 saturated carbocycles. The van der Waals surface area contributed by atoms with Crippen LogP contribution in [0.4, 0.5) is 11.6 Å². The first-order valence-electron chi connectivity index (χ1n) is 7.92. The van der Waals surface area contributed by atoms with Gasteiger partial charge in [0.2, 0.25) is 5.95 Å². The van der Waals surface area contributed by atoms with Gasteiger partial charge in [0, 0.05) is 49.9 Å². The average Bonchev–Trinajstić information content (AvgIpc) is 2.63. The highest BCUT2D eigenvalue weighted by Crippen LogP contribution is 2.13. The number of anilines is 2. The second-order valence-corrected chi connectivity index (χ2v) is 5.51. The second kappa shape index (κ2) is 7.89. The number of aliphatic hydroxyl groups excluding tert-OH is 1. The highest BCUT2D eigenvalue weighted by molar-refractivity contribution is 5.45. The molecule has 1 aliphatic rings. The minimum absolute atomic E-state index is 0.180. The summed E-state index contributed by atoms with van der Waals surface area (Å²) in [7, 11) is 0. The number of hydrogen-bond donors (Lipinski definition) is 2. The van der Waals surface area contributed by atoms with Crippen LogP contribution in [0, 0.1) is 0 Å². The molecule has 0 bridgehead atoms. The molecule has 23 heavy (non-hydrogen) atoms. The van der Waals surface area contributed by atoms with Crippen LogP contribution in [-0.4, -0.2) is 48.0 Å². The number of rotatable bonds is 6. The van der Waals surface area contributed by atoms with Crippen molar-refractivity contribution in [1.29, 1.82) is 0 Å². The fraction of sp³-hybridized carbons (Fsp3) is 0.412. The molecule has 2 N–H and O–H groups in total. The summed E-state index contributed by atoms with van der Waals surface area (Å²) in [5, 5.41) is 12.3. The zero-order valence-corrected chi connectivity index (χ0v) is 13.1. The zero-order valence-electron chi connectivity index (χ0n) is 13.1. The van der Waals surface area contributed by atoms with Gasteiger partial charge in [-0.25, -0.2) is 9.97 Å². The number of nitrogens with zero attached hydrogens (tertiary/aromatic N) is 3. The summed E-state index contributed by atoms with van der Waals surface area (Å²) in [6.45, 7) is 4.02. The van der Waals surface area contributed by atoms with Crippen molar-refractivity contribution in [2.24, 2.45) is 0 Å². The molecule has 0 unspecified atom stereocenters. The maximum absolute atomic E-state index is 8.92. The van der Waals surface area contributed by atoms with Crippen LogP contribution in [0.3, 0.4) is 0 Å². The van der Waals surface area contributed by atoms with Gasteiger partial charge >= 0.3 is 0 Å². The van der Waals surface area contributed by atoms with Crippen LogP contribution in [0.2, 0.25) is 0 Å². The Labute approximate surface area is 136 Å². The van der Waals surface area contributed by atoms with Crippen LogP contribution in [0.15, 0.2) is 36.7 Å². The minimum Gasteiger partial charge on any atom is -0.396 e. The van der Waals surface area contributed by atoms with E-state index in [4.69, 9.17) is 9.84 Å². The topological polar surface area (TPSA) is 70.5 Å². The van der Waals surface area contributed by atoms with Gasteiger partial charge in [0.25, 0.3) is 0 Å². The number of morpholine rings is 1. The first-order chi connectivity index (χ1) is 11.3. The molecule has 2 aromatic rings. The summed E-state index contributed by atoms with van der Waals surface area (Å²) >= 11 is 0. The van der Waals surface area contributed by atoms with Crippen molar-refractivity contribution < 1.29 is 9.84 Å². The van der Waals surface area contributed by atoms with Gasteiger partial charge in [-0.2, -0.15) is 0 Å². The lowest BCUT2D eigenvalue weighted by Gasteiger charge is -2.26. The lowest BCUT2D eigenvalue weighted by molar-refractivity contribution is 0.122. The molecule has 0 radical (unpaired) electrons. The van der Waals surface area contributed by atoms with E-state index in [0.29, 0.717) is 13.0 Å². The Bertz CT molecular complexity index is 595. The lowest BCUT2D eigenvalue weighted by atomic mass is 10.1. The SMILES string of the molecule is OCCc1ccc(NCc2cnc(N3CCOCC3)nc2)cc1. The van der Waals surface area contributed by atoms with Crippen molar-refractivity contribution in [3.8, 4) is 0 Å². The first kappa shape index (κ1) is 15.7. The Balaban J connectivity index is 1.53. The first-order valence-corrected chi connectivity index (χ1v) is 7.92. The molecule has 3 rings (SSSR count). The third kappa shape index (κ3) is 4.40. The smallest absolute Gasteiger partial charge is 0.225 e. The summed E-state index contributed by atoms with van der Waals surface area (Å²) in [6.07, 6.45) is 4.42. The molecule has 1 aromatic carbocycles. The summed E-state index contributed by atoms with van der Waals surface area (Å²) in [6, 6.07) is 8.09. The summed E-state index contributed by atoms with van der Waals surface area (Å²) in [4.78, 5) is 11.0. The molecular weight excluding hydrogens is 292 g/mol. The van der Waals surface area contributed by atoms with Crippen molar-refractivity contribution in [2.75, 3.05) is 43.1 Å². The van der Waals surface area contributed by atoms with E-state index in [1.165, 1.54) is 0 Å². The van der Waals surface area contributed by atoms with E-state index in [0.717, 1.165) is 49.1 Å². The van der Waals surface area contributed by atoms with E-state index in [1.807, 2.05) is 36.7 Å². The third-order valence-corrected chi connectivity index (χ3v) is 3.84. The third-order valence-electron chi connectivity index (χ3n) is 3.84. The molecule has 2 heterocycles. The van der Waals surface area contributed by atoms with Gasteiger partial charge in [0.1, 0.15) is 0 Å². The van der Waals surface area contributed by atoms with Gasteiger partial charge < -0.3 is 20.1 Å². The largest absolute Gasteiger partial charge is 0.396 e. The Morgan fingerprint density at radius 2 is 1.74 bits per heavy atom. The van der Waals surface area contributed by atoms with Crippen LogP contribution in [0.5, 0.6) is 0 Å². The number of aliphatic hydroxyl groups is 1. The molecule has 0 amide bonds. The molecule has 0 spiro atoms. The summed E-state index contributed by atoms with van der Waals surface area (Å²) in [5.74, 6) is 0.769. The maximum atomic E-state index is 8.92. The molecule has 1 aliphatic heterocycles. The van der Waals surface area contributed by atoms with Crippen LogP contribution < -0.4 is 10.2 Å². The molecule has 122 valence electrons. The molecule has 0 aliphatic carbocycles. The van der Waals surface area contributed by atoms with Crippen LogP contribution in [0.1, 0.15) is 11.1 Å². The Kier molecular flexibility index (Phi) is 5.39. The predicted molar refractivity (Wildman–Crippen MR) is 89.6 cm³/mol. The number of ether oxygens (including phenoxy) is 1. The van der Waals surface area contributed by atoms with Gasteiger partial charge in [0.05, 0.1) is 13.2 Å². The second-order valence-electron chi connectivity index (χ2n) is 5.51. The van der Waals surface area contributed by atoms with Crippen molar-refractivity contribution in [3.63, 3.8) is 0 Å². The highest BCUT2D eigenvalue weighted by atomic mass is 16.5. The average molecular weight is 314 g/mol. The van der Waals surface area contributed by atoms with Gasteiger partial charge in [-0.3, -0.25) is 0 Å². The van der Waals surface area contributed by atoms with Crippen molar-refractivity contribution >= 4 is 11.6 Å². The summed E-state index contributed by atoms with van der Waals surface area (Å²) in [5.41, 5.74) is 3.22. The number of benzene rings is 1. The zero-order chi connectivity index (χ0) is 15.9. The van der Waals surface area contributed by atoms with E-state index in [1.54, 1.807) is 0 Å². The number of hydrogen-bond acceptors (Lipinski definition) is 6. The quantitative estimate of drug-likeness (QED) is 0.841. The number of aromatic nitrogens is 2. The molecule has 1 aromatic heterocycles. The van der Waals surface area contributed by atoms with Crippen molar-refractivity contribution in [1.82, 2.24) is 9.97 Å². The molecule has 1 saturated heterocycles. The molecule has 0 atom stereocenters. The maximum Gasteiger partial charge on any atom is 0.225 e. The predicted octanol–water partition coefficient (Wildman–Crippen LogP) is 1.46. The van der Waals surface area contributed by atoms with Crippen LogP contribution >= 0.6 is 0 Å². The van der Waals surface area contributed by atoms with Crippen LogP contribution in [-0.2, 0) is 17.7 Å². The van der Waals surface area contributed by atoms with E-state index in [-0.39, 0.29) is 6.61 Å². The fourth-order valence-corrected chi connectivity index (χ4v) is 2.49. The normalized spacial score (nSPS) is 14.7. The highest BCUT2D eigenvalue weighted by Gasteiger charge is 2.13. The Morgan fingerprint density at radius 1 is 1.04 bits per heavy atom. The van der Waals surface area contributed by atoms with E-state index in [9.17, 15) is 0 Å². The van der Waals surface area contributed by atoms with Crippen LogP contribution in [0.25, 0.3) is 0 Å². The summed E-state index contributed by atoms with van der Waals surface area (Å²) < 4.78 is 5.34. The Hall–Kier alpha value is -2.18. The minimum atomic E-state index is 0.180. The fourth-order valence-electron chi connectivity index (χ4n) is 2.49. The Morgan fingerprint density at radius 3 is 2.39 bits per heavy atom. The monoisotopic (exact) mass is 314 g/mol. The van der Waals surface area contributed by atoms with Gasteiger partial charge in [-0.05, 0) is 24.1 Å². The molecule has 6 nitrogen and oxygen atoms in total. The molecular formula is C17H22N4O2. The van der Waals surface area contributed by atoms with Crippen molar-refractivity contribution in [3.05, 3.63) is 47.8 Å². The van der Waals surface area contributed by atoms with Crippen molar-refractivity contribution in [2.45, 2.75) is 13.0 Å². The van der Waals surface area contributed by atoms with E-state index >= 15 is 0 Å².